The highest BCUT2D eigenvalue weighted by atomic mass is 32.2. The molecule has 0 aliphatic carbocycles. The molecule has 21 heavy (non-hydrogen) atoms. The fourth-order valence-corrected chi connectivity index (χ4v) is 3.46. The van der Waals surface area contributed by atoms with Crippen LogP contribution < -0.4 is 11.5 Å². The number of carbonyl (C=O) groups is 1. The number of rotatable bonds is 8. The van der Waals surface area contributed by atoms with Crippen molar-refractivity contribution in [3.63, 3.8) is 0 Å². The Bertz CT molecular complexity index is 568. The van der Waals surface area contributed by atoms with Crippen LogP contribution in [0.5, 0.6) is 0 Å². The number of hydrogen-bond acceptors (Lipinski definition) is 4. The van der Waals surface area contributed by atoms with E-state index in [0.29, 0.717) is 12.1 Å². The van der Waals surface area contributed by atoms with Gasteiger partial charge in [0.15, 0.2) is 0 Å². The Kier molecular flexibility index (Phi) is 6.17. The summed E-state index contributed by atoms with van der Waals surface area (Å²) in [6.45, 7) is 3.70. The first-order valence-electron chi connectivity index (χ1n) is 6.81. The molecule has 4 N–H and O–H groups in total. The van der Waals surface area contributed by atoms with Gasteiger partial charge in [-0.25, -0.2) is 8.42 Å². The van der Waals surface area contributed by atoms with Crippen molar-refractivity contribution in [2.24, 2.45) is 11.7 Å². The summed E-state index contributed by atoms with van der Waals surface area (Å²) >= 11 is 0. The Labute approximate surface area is 126 Å². The maximum absolute atomic E-state index is 12.3. The Morgan fingerprint density at radius 1 is 1.24 bits per heavy atom. The van der Waals surface area contributed by atoms with Crippen LogP contribution in [-0.2, 0) is 21.4 Å². The van der Waals surface area contributed by atoms with Gasteiger partial charge in [-0.05, 0) is 30.0 Å². The van der Waals surface area contributed by atoms with E-state index >= 15 is 0 Å². The fraction of sp³-hybridized carbons (Fsp3) is 0.500. The molecule has 1 amide bonds. The molecule has 0 aliphatic heterocycles. The number of sulfonamides is 1. The van der Waals surface area contributed by atoms with Gasteiger partial charge in [0.2, 0.25) is 15.9 Å². The minimum Gasteiger partial charge on any atom is -0.399 e. The third-order valence-corrected chi connectivity index (χ3v) is 4.81. The Balaban J connectivity index is 2.89. The van der Waals surface area contributed by atoms with E-state index in [9.17, 15) is 13.2 Å². The summed E-state index contributed by atoms with van der Waals surface area (Å²) in [6, 6.07) is 6.86. The fourth-order valence-electron chi connectivity index (χ4n) is 1.77. The van der Waals surface area contributed by atoms with Gasteiger partial charge >= 0.3 is 0 Å². The zero-order chi connectivity index (χ0) is 16.0. The second-order valence-electron chi connectivity index (χ2n) is 5.47. The van der Waals surface area contributed by atoms with E-state index in [1.807, 2.05) is 13.8 Å². The van der Waals surface area contributed by atoms with Gasteiger partial charge in [0.05, 0.1) is 12.3 Å². The Morgan fingerprint density at radius 2 is 1.81 bits per heavy atom. The highest BCUT2D eigenvalue weighted by Crippen LogP contribution is 2.14. The van der Waals surface area contributed by atoms with Gasteiger partial charge in [-0.1, -0.05) is 26.0 Å². The van der Waals surface area contributed by atoms with Crippen LogP contribution in [-0.4, -0.2) is 30.9 Å². The lowest BCUT2D eigenvalue weighted by Gasteiger charge is -2.21. The van der Waals surface area contributed by atoms with Gasteiger partial charge in [-0.15, -0.1) is 0 Å². The van der Waals surface area contributed by atoms with Crippen molar-refractivity contribution in [1.82, 2.24) is 4.31 Å². The summed E-state index contributed by atoms with van der Waals surface area (Å²) in [4.78, 5) is 11.1. The molecular formula is C14H23N3O3S. The summed E-state index contributed by atoms with van der Waals surface area (Å²) in [5.41, 5.74) is 12.1. The number of benzene rings is 1. The Hall–Kier alpha value is -1.60. The van der Waals surface area contributed by atoms with E-state index in [1.165, 1.54) is 0 Å². The first kappa shape index (κ1) is 17.5. The lowest BCUT2D eigenvalue weighted by Crippen LogP contribution is -2.39. The van der Waals surface area contributed by atoms with E-state index in [2.05, 4.69) is 0 Å². The summed E-state index contributed by atoms with van der Waals surface area (Å²) in [5, 5.41) is 0. The van der Waals surface area contributed by atoms with Gasteiger partial charge in [-0.3, -0.25) is 4.79 Å². The van der Waals surface area contributed by atoms with E-state index in [1.54, 1.807) is 24.3 Å². The molecule has 0 bridgehead atoms. The standard InChI is InChI=1S/C14H23N3O3S/c1-11(2)7-8-21(19,20)17(10-14(16)18)9-12-3-5-13(15)6-4-12/h3-6,11H,7-10,15H2,1-2H3,(H2,16,18). The molecule has 0 fully saturated rings. The Morgan fingerprint density at radius 3 is 2.29 bits per heavy atom. The van der Waals surface area contributed by atoms with Crippen LogP contribution in [0.2, 0.25) is 0 Å². The lowest BCUT2D eigenvalue weighted by atomic mass is 10.2. The van der Waals surface area contributed by atoms with Crippen LogP contribution in [0.3, 0.4) is 0 Å². The zero-order valence-electron chi connectivity index (χ0n) is 12.5. The monoisotopic (exact) mass is 313 g/mol. The number of carbonyl (C=O) groups excluding carboxylic acids is 1. The average molecular weight is 313 g/mol. The molecular weight excluding hydrogens is 290 g/mol. The average Bonchev–Trinajstić information content (AvgIpc) is 2.38. The molecule has 0 spiro atoms. The molecule has 0 saturated heterocycles. The molecule has 0 aromatic heterocycles. The molecule has 6 nitrogen and oxygen atoms in total. The maximum Gasteiger partial charge on any atom is 0.232 e. The molecule has 0 saturated carbocycles. The van der Waals surface area contributed by atoms with Gasteiger partial charge in [0.1, 0.15) is 0 Å². The molecule has 0 atom stereocenters. The summed E-state index contributed by atoms with van der Waals surface area (Å²) in [7, 11) is -3.52. The predicted molar refractivity (Wildman–Crippen MR) is 83.7 cm³/mol. The van der Waals surface area contributed by atoms with E-state index in [4.69, 9.17) is 11.5 Å². The van der Waals surface area contributed by atoms with E-state index in [0.717, 1.165) is 9.87 Å². The number of anilines is 1. The molecule has 0 aliphatic rings. The third-order valence-electron chi connectivity index (χ3n) is 3.02. The molecule has 0 heterocycles. The number of nitrogens with zero attached hydrogens (tertiary/aromatic N) is 1. The van der Waals surface area contributed by atoms with Crippen LogP contribution >= 0.6 is 0 Å². The molecule has 0 radical (unpaired) electrons. The van der Waals surface area contributed by atoms with Crippen LogP contribution in [0.25, 0.3) is 0 Å². The molecule has 7 heteroatoms. The lowest BCUT2D eigenvalue weighted by molar-refractivity contribution is -0.118. The summed E-state index contributed by atoms with van der Waals surface area (Å²) < 4.78 is 25.8. The number of amides is 1. The topological polar surface area (TPSA) is 106 Å². The number of primary amides is 1. The van der Waals surface area contributed by atoms with Crippen molar-refractivity contribution >= 4 is 21.6 Å². The van der Waals surface area contributed by atoms with Gasteiger partial charge < -0.3 is 11.5 Å². The highest BCUT2D eigenvalue weighted by Gasteiger charge is 2.24. The van der Waals surface area contributed by atoms with Crippen molar-refractivity contribution in [1.29, 1.82) is 0 Å². The first-order chi connectivity index (χ1) is 9.70. The van der Waals surface area contributed by atoms with Crippen molar-refractivity contribution in [2.75, 3.05) is 18.0 Å². The van der Waals surface area contributed by atoms with Crippen LogP contribution in [0, 0.1) is 5.92 Å². The third kappa shape index (κ3) is 6.14. The summed E-state index contributed by atoms with van der Waals surface area (Å²) in [5.74, 6) is -0.391. The number of nitrogen functional groups attached to an aromatic ring is 1. The van der Waals surface area contributed by atoms with Crippen molar-refractivity contribution in [3.8, 4) is 0 Å². The maximum atomic E-state index is 12.3. The quantitative estimate of drug-likeness (QED) is 0.696. The highest BCUT2D eigenvalue weighted by molar-refractivity contribution is 7.89. The van der Waals surface area contributed by atoms with Crippen molar-refractivity contribution in [2.45, 2.75) is 26.8 Å². The smallest absolute Gasteiger partial charge is 0.232 e. The molecule has 1 aromatic carbocycles. The zero-order valence-corrected chi connectivity index (χ0v) is 13.3. The molecule has 1 aromatic rings. The molecule has 1 rings (SSSR count). The largest absolute Gasteiger partial charge is 0.399 e. The van der Waals surface area contributed by atoms with Gasteiger partial charge in [0, 0.05) is 12.2 Å². The first-order valence-corrected chi connectivity index (χ1v) is 8.42. The second-order valence-corrected chi connectivity index (χ2v) is 7.56. The normalized spacial score (nSPS) is 12.0. The minimum atomic E-state index is -3.52. The number of nitrogens with two attached hydrogens (primary N) is 2. The van der Waals surface area contributed by atoms with Crippen molar-refractivity contribution < 1.29 is 13.2 Å². The SMILES string of the molecule is CC(C)CCS(=O)(=O)N(CC(N)=O)Cc1ccc(N)cc1. The number of hydrogen-bond donors (Lipinski definition) is 2. The van der Waals surface area contributed by atoms with E-state index < -0.39 is 15.9 Å². The van der Waals surface area contributed by atoms with Gasteiger partial charge in [0.25, 0.3) is 0 Å². The minimum absolute atomic E-state index is 0.00686. The molecule has 118 valence electrons. The van der Waals surface area contributed by atoms with Crippen molar-refractivity contribution in [3.05, 3.63) is 29.8 Å². The summed E-state index contributed by atoms with van der Waals surface area (Å²) in [6.07, 6.45) is 0.541. The van der Waals surface area contributed by atoms with Crippen LogP contribution in [0.1, 0.15) is 25.8 Å². The molecule has 0 unspecified atom stereocenters. The predicted octanol–water partition coefficient (Wildman–Crippen LogP) is 0.932. The van der Waals surface area contributed by atoms with Crippen LogP contribution in [0.4, 0.5) is 5.69 Å². The van der Waals surface area contributed by atoms with Gasteiger partial charge in [-0.2, -0.15) is 4.31 Å². The van der Waals surface area contributed by atoms with E-state index in [-0.39, 0.29) is 24.8 Å². The van der Waals surface area contributed by atoms with Crippen LogP contribution in [0.15, 0.2) is 24.3 Å². The second kappa shape index (κ2) is 7.42.